The zero-order valence-electron chi connectivity index (χ0n) is 29.1. The first-order valence-corrected chi connectivity index (χ1v) is 17.2. The van der Waals surface area contributed by atoms with E-state index in [0.717, 1.165) is 0 Å². The van der Waals surface area contributed by atoms with E-state index in [4.69, 9.17) is 28.4 Å². The Morgan fingerprint density at radius 1 is 0.463 bits per heavy atom. The molecule has 5 aromatic carbocycles. The first kappa shape index (κ1) is 37.2. The molecule has 0 unspecified atom stereocenters. The highest BCUT2D eigenvalue weighted by atomic mass is 16.7. The fraction of sp³-hybridized carbons (Fsp3) is 0.186. The van der Waals surface area contributed by atoms with Crippen LogP contribution in [0.5, 0.6) is 0 Å². The smallest absolute Gasteiger partial charge is 0.338 e. The third kappa shape index (κ3) is 9.25. The highest BCUT2D eigenvalue weighted by Gasteiger charge is 2.55. The molecule has 0 amide bonds. The normalized spacial score (nSPS) is 19.7. The second-order valence-corrected chi connectivity index (χ2v) is 12.3. The summed E-state index contributed by atoms with van der Waals surface area (Å²) in [6.45, 7) is 1.02. The fourth-order valence-corrected chi connectivity index (χ4v) is 5.86. The van der Waals surface area contributed by atoms with Crippen molar-refractivity contribution in [3.05, 3.63) is 179 Å². The second-order valence-electron chi connectivity index (χ2n) is 12.3. The molecule has 1 saturated heterocycles. The van der Waals surface area contributed by atoms with Gasteiger partial charge < -0.3 is 28.4 Å². The topological polar surface area (TPSA) is 141 Å². The van der Waals surface area contributed by atoms with Crippen LogP contribution >= 0.6 is 0 Å². The van der Waals surface area contributed by atoms with Gasteiger partial charge in [-0.3, -0.25) is 0 Å². The maximum atomic E-state index is 13.8. The van der Waals surface area contributed by atoms with Gasteiger partial charge >= 0.3 is 29.8 Å². The average Bonchev–Trinajstić information content (AvgIpc) is 3.22. The predicted octanol–water partition coefficient (Wildman–Crippen LogP) is 6.53. The minimum atomic E-state index is -1.57. The van der Waals surface area contributed by atoms with Crippen molar-refractivity contribution in [1.29, 1.82) is 0 Å². The number of hydrogen-bond donors (Lipinski definition) is 0. The Kier molecular flexibility index (Phi) is 12.2. The molecule has 274 valence electrons. The summed E-state index contributed by atoms with van der Waals surface area (Å²) in [6.07, 6.45) is -8.45. The van der Waals surface area contributed by atoms with E-state index in [1.165, 1.54) is 43.3 Å². The molecule has 54 heavy (non-hydrogen) atoms. The molecule has 5 aromatic rings. The van der Waals surface area contributed by atoms with Gasteiger partial charge in [0.15, 0.2) is 18.3 Å². The predicted molar refractivity (Wildman–Crippen MR) is 194 cm³/mol. The van der Waals surface area contributed by atoms with Gasteiger partial charge in [-0.1, -0.05) is 91.0 Å². The number of ether oxygens (including phenoxy) is 6. The summed E-state index contributed by atoms with van der Waals surface area (Å²) in [6, 6.07) is 40.6. The number of rotatable bonds is 12. The number of hydrogen-bond acceptors (Lipinski definition) is 11. The number of carbonyl (C=O) groups excluding carboxylic acids is 5. The Morgan fingerprint density at radius 3 is 1.20 bits per heavy atom. The van der Waals surface area contributed by atoms with Gasteiger partial charge in [0.1, 0.15) is 24.9 Å². The molecule has 0 saturated carbocycles. The molecule has 0 spiro atoms. The molecule has 0 aliphatic carbocycles. The Balaban J connectivity index is 1.42. The van der Waals surface area contributed by atoms with Gasteiger partial charge in [-0.05, 0) is 67.6 Å². The molecule has 1 fully saturated rings. The Morgan fingerprint density at radius 2 is 0.796 bits per heavy atom. The highest BCUT2D eigenvalue weighted by molar-refractivity contribution is 5.92. The minimum Gasteiger partial charge on any atom is -0.459 e. The van der Waals surface area contributed by atoms with Gasteiger partial charge in [-0.25, -0.2) is 24.0 Å². The van der Waals surface area contributed by atoms with Crippen molar-refractivity contribution < 1.29 is 52.4 Å². The summed E-state index contributed by atoms with van der Waals surface area (Å²) in [4.78, 5) is 67.7. The van der Waals surface area contributed by atoms with Crippen LogP contribution in [0.3, 0.4) is 0 Å². The average molecular weight is 729 g/mol. The van der Waals surface area contributed by atoms with Crippen molar-refractivity contribution in [3.8, 4) is 0 Å². The Labute approximate surface area is 311 Å². The summed E-state index contributed by atoms with van der Waals surface area (Å²) in [5.74, 6) is -3.89. The van der Waals surface area contributed by atoms with E-state index in [2.05, 4.69) is 0 Å². The van der Waals surface area contributed by atoms with Gasteiger partial charge in [0.2, 0.25) is 0 Å². The molecule has 6 rings (SSSR count). The first-order valence-electron chi connectivity index (χ1n) is 17.2. The van der Waals surface area contributed by atoms with Crippen LogP contribution in [0.25, 0.3) is 0 Å². The van der Waals surface area contributed by atoms with Crippen LogP contribution in [0.4, 0.5) is 0 Å². The van der Waals surface area contributed by atoms with E-state index < -0.39 is 73.1 Å². The maximum absolute atomic E-state index is 13.8. The number of carbonyl (C=O) groups is 5. The minimum absolute atomic E-state index is 0.150. The largest absolute Gasteiger partial charge is 0.459 e. The maximum Gasteiger partial charge on any atom is 0.338 e. The van der Waals surface area contributed by atoms with Crippen molar-refractivity contribution in [1.82, 2.24) is 0 Å². The van der Waals surface area contributed by atoms with Crippen LogP contribution in [-0.4, -0.2) is 73.1 Å². The molecular formula is C43H36O11. The summed E-state index contributed by atoms with van der Waals surface area (Å²) in [7, 11) is 0. The zero-order chi connectivity index (χ0) is 37.9. The van der Waals surface area contributed by atoms with Crippen LogP contribution < -0.4 is 0 Å². The van der Waals surface area contributed by atoms with Crippen LogP contribution in [0.1, 0.15) is 58.7 Å². The highest BCUT2D eigenvalue weighted by Crippen LogP contribution is 2.33. The lowest BCUT2D eigenvalue weighted by Gasteiger charge is -2.46. The molecule has 11 heteroatoms. The van der Waals surface area contributed by atoms with Crippen LogP contribution in [0, 0.1) is 0 Å². The van der Waals surface area contributed by atoms with Crippen molar-refractivity contribution in [2.45, 2.75) is 43.5 Å². The van der Waals surface area contributed by atoms with E-state index in [1.807, 2.05) is 0 Å². The van der Waals surface area contributed by atoms with E-state index in [-0.39, 0.29) is 27.8 Å². The summed E-state index contributed by atoms with van der Waals surface area (Å²) >= 11 is 0. The molecular weight excluding hydrogens is 692 g/mol. The lowest BCUT2D eigenvalue weighted by atomic mass is 9.91. The van der Waals surface area contributed by atoms with Gasteiger partial charge in [-0.15, -0.1) is 0 Å². The van der Waals surface area contributed by atoms with E-state index in [0.29, 0.717) is 0 Å². The summed E-state index contributed by atoms with van der Waals surface area (Å²) in [5.41, 5.74) is 0.964. The Bertz CT molecular complexity index is 2020. The molecule has 1 heterocycles. The summed E-state index contributed by atoms with van der Waals surface area (Å²) < 4.78 is 36.2. The van der Waals surface area contributed by atoms with Crippen molar-refractivity contribution >= 4 is 29.8 Å². The van der Waals surface area contributed by atoms with Crippen LogP contribution in [-0.2, 0) is 28.4 Å². The number of esters is 5. The van der Waals surface area contributed by atoms with Crippen molar-refractivity contribution in [2.75, 3.05) is 6.61 Å². The molecule has 0 radical (unpaired) electrons. The van der Waals surface area contributed by atoms with E-state index in [1.54, 1.807) is 115 Å². The van der Waals surface area contributed by atoms with Crippen molar-refractivity contribution in [3.63, 3.8) is 0 Å². The van der Waals surface area contributed by atoms with Crippen LogP contribution in [0.15, 0.2) is 152 Å². The van der Waals surface area contributed by atoms with E-state index >= 15 is 0 Å². The molecule has 1 aliphatic heterocycles. The SMILES string of the molecule is C[C@H](OC(=O)c1ccccc1)[C@H]1O[C@H](COC(=O)c2ccccc2)[C@@H](OC(=O)c2ccccc2)[C@H](OC(=O)c2ccccc2)[C@H]1OC(=O)c1ccccc1. The molecule has 11 nitrogen and oxygen atoms in total. The third-order valence-electron chi connectivity index (χ3n) is 8.58. The standard InChI is InChI=1S/C43H36O11/c1-28(50-40(45)30-19-9-3-10-20-30)35-37(53-42(47)32-23-13-5-14-24-32)38(54-43(48)33-25-15-6-16-26-33)36(52-41(46)31-21-11-4-12-22-31)34(51-35)27-49-39(44)29-17-7-2-8-18-29/h2-26,28,34-38H,27H2,1H3/t28-,34+,35+,36+,37-,38-/m0/s1. The lowest BCUT2D eigenvalue weighted by Crippen LogP contribution is -2.65. The van der Waals surface area contributed by atoms with Crippen molar-refractivity contribution in [2.24, 2.45) is 0 Å². The molecule has 6 atom stereocenters. The molecule has 0 aromatic heterocycles. The van der Waals surface area contributed by atoms with Gasteiger partial charge in [0, 0.05) is 0 Å². The molecule has 0 bridgehead atoms. The number of benzene rings is 5. The molecule has 1 aliphatic rings. The van der Waals surface area contributed by atoms with Gasteiger partial charge in [0.25, 0.3) is 0 Å². The third-order valence-corrected chi connectivity index (χ3v) is 8.58. The monoisotopic (exact) mass is 728 g/mol. The van der Waals surface area contributed by atoms with E-state index in [9.17, 15) is 24.0 Å². The Hall–Kier alpha value is -6.59. The lowest BCUT2D eigenvalue weighted by molar-refractivity contribution is -0.245. The van der Waals surface area contributed by atoms with Gasteiger partial charge in [-0.2, -0.15) is 0 Å². The second kappa shape index (κ2) is 17.8. The first-order chi connectivity index (χ1) is 26.3. The zero-order valence-corrected chi connectivity index (χ0v) is 29.1. The van der Waals surface area contributed by atoms with Crippen LogP contribution in [0.2, 0.25) is 0 Å². The molecule has 0 N–H and O–H groups in total. The fourth-order valence-electron chi connectivity index (χ4n) is 5.86. The summed E-state index contributed by atoms with van der Waals surface area (Å²) in [5, 5.41) is 0. The quantitative estimate of drug-likeness (QED) is 0.102. The van der Waals surface area contributed by atoms with Gasteiger partial charge in [0.05, 0.1) is 27.8 Å².